The van der Waals surface area contributed by atoms with Gasteiger partial charge in [0.1, 0.15) is 0 Å². The Hall–Kier alpha value is -2.18. The van der Waals surface area contributed by atoms with Crippen molar-refractivity contribution in [3.8, 4) is 5.75 Å². The molecular formula is C14H20N2O5. The molecule has 0 fully saturated rings. The Bertz CT molecular complexity index is 516. The van der Waals surface area contributed by atoms with Crippen LogP contribution in [-0.2, 0) is 6.42 Å². The number of nitro benzene ring substituents is 2. The van der Waals surface area contributed by atoms with Crippen molar-refractivity contribution in [2.75, 3.05) is 0 Å². The minimum atomic E-state index is -0.905. The zero-order valence-corrected chi connectivity index (χ0v) is 12.1. The maximum atomic E-state index is 11.1. The van der Waals surface area contributed by atoms with Crippen LogP contribution >= 0.6 is 0 Å². The van der Waals surface area contributed by atoms with E-state index in [2.05, 4.69) is 6.92 Å². The molecule has 0 spiro atoms. The molecule has 0 aromatic heterocycles. The van der Waals surface area contributed by atoms with Crippen molar-refractivity contribution in [1.82, 2.24) is 0 Å². The fourth-order valence-corrected chi connectivity index (χ4v) is 2.29. The monoisotopic (exact) mass is 296 g/mol. The highest BCUT2D eigenvalue weighted by Gasteiger charge is 2.32. The summed E-state index contributed by atoms with van der Waals surface area (Å²) in [5.74, 6) is -0.668. The number of hydrogen-bond donors (Lipinski definition) is 1. The lowest BCUT2D eigenvalue weighted by Gasteiger charge is -2.05. The van der Waals surface area contributed by atoms with Gasteiger partial charge in [0, 0.05) is 5.56 Å². The summed E-state index contributed by atoms with van der Waals surface area (Å²) in [5, 5.41) is 31.4. The van der Waals surface area contributed by atoms with Gasteiger partial charge in [0.05, 0.1) is 9.85 Å². The Kier molecular flexibility index (Phi) is 6.58. The number of benzene rings is 1. The molecule has 0 aliphatic rings. The summed E-state index contributed by atoms with van der Waals surface area (Å²) in [7, 11) is 0. The van der Waals surface area contributed by atoms with Crippen molar-refractivity contribution in [3.05, 3.63) is 37.9 Å². The zero-order chi connectivity index (χ0) is 15.8. The van der Waals surface area contributed by atoms with E-state index in [1.165, 1.54) is 12.5 Å². The SMILES string of the molecule is CCCCCCCCc1ccc(O)c([N+](=O)[O-])c1[N+](=O)[O-]. The maximum absolute atomic E-state index is 11.1. The number of unbranched alkanes of at least 4 members (excludes halogenated alkanes) is 5. The lowest BCUT2D eigenvalue weighted by atomic mass is 10.0. The number of phenolic OH excluding ortho intramolecular Hbond substituents is 1. The normalized spacial score (nSPS) is 10.5. The number of aryl methyl sites for hydroxylation is 1. The number of nitro groups is 2. The largest absolute Gasteiger partial charge is 0.502 e. The number of aromatic hydroxyl groups is 1. The number of phenols is 1. The molecule has 0 atom stereocenters. The van der Waals surface area contributed by atoms with E-state index < -0.39 is 27.0 Å². The number of rotatable bonds is 9. The van der Waals surface area contributed by atoms with Crippen molar-refractivity contribution in [3.63, 3.8) is 0 Å². The molecule has 0 bridgehead atoms. The van der Waals surface area contributed by atoms with Crippen LogP contribution in [0, 0.1) is 20.2 Å². The first-order valence-electron chi connectivity index (χ1n) is 7.12. The van der Waals surface area contributed by atoms with Crippen molar-refractivity contribution in [2.45, 2.75) is 51.9 Å². The highest BCUT2D eigenvalue weighted by molar-refractivity contribution is 5.65. The van der Waals surface area contributed by atoms with E-state index in [-0.39, 0.29) is 0 Å². The molecule has 116 valence electrons. The Labute approximate surface area is 122 Å². The van der Waals surface area contributed by atoms with Crippen molar-refractivity contribution < 1.29 is 15.0 Å². The minimum Gasteiger partial charge on any atom is -0.502 e. The van der Waals surface area contributed by atoms with Crippen LogP contribution in [0.2, 0.25) is 0 Å². The predicted molar refractivity (Wildman–Crippen MR) is 78.5 cm³/mol. The van der Waals surface area contributed by atoms with Gasteiger partial charge < -0.3 is 5.11 Å². The molecule has 1 aromatic rings. The van der Waals surface area contributed by atoms with Crippen LogP contribution in [-0.4, -0.2) is 15.0 Å². The fraction of sp³-hybridized carbons (Fsp3) is 0.571. The summed E-state index contributed by atoms with van der Waals surface area (Å²) in [6.45, 7) is 2.12. The van der Waals surface area contributed by atoms with Gasteiger partial charge >= 0.3 is 11.4 Å². The van der Waals surface area contributed by atoms with E-state index in [9.17, 15) is 25.3 Å². The Morgan fingerprint density at radius 1 is 0.952 bits per heavy atom. The molecule has 0 saturated carbocycles. The van der Waals surface area contributed by atoms with Crippen molar-refractivity contribution in [2.24, 2.45) is 0 Å². The Balaban J connectivity index is 2.80. The van der Waals surface area contributed by atoms with Crippen LogP contribution in [0.5, 0.6) is 5.75 Å². The second-order valence-corrected chi connectivity index (χ2v) is 4.97. The summed E-state index contributed by atoms with van der Waals surface area (Å²) in [4.78, 5) is 20.3. The third kappa shape index (κ3) is 4.70. The predicted octanol–water partition coefficient (Wildman–Crippen LogP) is 4.11. The first kappa shape index (κ1) is 16.9. The molecule has 0 unspecified atom stereocenters. The summed E-state index contributed by atoms with van der Waals surface area (Å²) in [6, 6.07) is 2.55. The van der Waals surface area contributed by atoms with Crippen LogP contribution in [0.15, 0.2) is 12.1 Å². The standard InChI is InChI=1S/C14H20N2O5/c1-2-3-4-5-6-7-8-11-9-10-12(17)14(16(20)21)13(11)15(18)19/h9-10,17H,2-8H2,1H3. The summed E-state index contributed by atoms with van der Waals surface area (Å²) in [5.41, 5.74) is -1.10. The molecule has 0 aliphatic carbocycles. The van der Waals surface area contributed by atoms with E-state index >= 15 is 0 Å². The van der Waals surface area contributed by atoms with Gasteiger partial charge in [-0.05, 0) is 25.0 Å². The molecule has 0 aliphatic heterocycles. The van der Waals surface area contributed by atoms with E-state index in [4.69, 9.17) is 0 Å². The third-order valence-corrected chi connectivity index (χ3v) is 3.38. The Morgan fingerprint density at radius 3 is 2.10 bits per heavy atom. The average molecular weight is 296 g/mol. The Morgan fingerprint density at radius 2 is 1.52 bits per heavy atom. The summed E-state index contributed by atoms with van der Waals surface area (Å²) in [6.07, 6.45) is 6.60. The average Bonchev–Trinajstić information content (AvgIpc) is 2.42. The lowest BCUT2D eigenvalue weighted by Crippen LogP contribution is -2.01. The first-order valence-corrected chi connectivity index (χ1v) is 7.12. The van der Waals surface area contributed by atoms with E-state index in [0.29, 0.717) is 12.0 Å². The zero-order valence-electron chi connectivity index (χ0n) is 12.1. The maximum Gasteiger partial charge on any atom is 0.387 e. The van der Waals surface area contributed by atoms with Gasteiger partial charge in [-0.3, -0.25) is 20.2 Å². The van der Waals surface area contributed by atoms with Crippen molar-refractivity contribution >= 4 is 11.4 Å². The molecule has 21 heavy (non-hydrogen) atoms. The highest BCUT2D eigenvalue weighted by atomic mass is 16.6. The van der Waals surface area contributed by atoms with Gasteiger partial charge in [-0.2, -0.15) is 0 Å². The first-order chi connectivity index (χ1) is 9.99. The molecule has 0 radical (unpaired) electrons. The number of hydrogen-bond acceptors (Lipinski definition) is 5. The van der Waals surface area contributed by atoms with E-state index in [1.807, 2.05) is 0 Å². The molecule has 0 amide bonds. The quantitative estimate of drug-likeness (QED) is 0.419. The molecule has 1 aromatic carbocycles. The van der Waals surface area contributed by atoms with Gasteiger partial charge in [-0.25, -0.2) is 0 Å². The van der Waals surface area contributed by atoms with Gasteiger partial charge in [0.25, 0.3) is 0 Å². The third-order valence-electron chi connectivity index (χ3n) is 3.38. The summed E-state index contributed by atoms with van der Waals surface area (Å²) < 4.78 is 0. The molecule has 7 nitrogen and oxygen atoms in total. The highest BCUT2D eigenvalue weighted by Crippen LogP contribution is 2.38. The molecule has 0 saturated heterocycles. The van der Waals surface area contributed by atoms with Gasteiger partial charge in [-0.15, -0.1) is 0 Å². The van der Waals surface area contributed by atoms with Gasteiger partial charge in [0.15, 0.2) is 0 Å². The van der Waals surface area contributed by atoms with Crippen LogP contribution in [0.3, 0.4) is 0 Å². The number of nitrogens with zero attached hydrogens (tertiary/aromatic N) is 2. The van der Waals surface area contributed by atoms with Crippen LogP contribution < -0.4 is 0 Å². The molecule has 1 N–H and O–H groups in total. The fourth-order valence-electron chi connectivity index (χ4n) is 2.29. The van der Waals surface area contributed by atoms with E-state index in [1.54, 1.807) is 0 Å². The van der Waals surface area contributed by atoms with Crippen molar-refractivity contribution in [1.29, 1.82) is 0 Å². The molecular weight excluding hydrogens is 276 g/mol. The molecule has 0 heterocycles. The van der Waals surface area contributed by atoms with Crippen LogP contribution in [0.25, 0.3) is 0 Å². The second kappa shape index (κ2) is 8.18. The van der Waals surface area contributed by atoms with Gasteiger partial charge in [0.2, 0.25) is 5.75 Å². The second-order valence-electron chi connectivity index (χ2n) is 4.97. The minimum absolute atomic E-state index is 0.306. The smallest absolute Gasteiger partial charge is 0.387 e. The van der Waals surface area contributed by atoms with Crippen LogP contribution in [0.1, 0.15) is 51.0 Å². The summed E-state index contributed by atoms with van der Waals surface area (Å²) >= 11 is 0. The topological polar surface area (TPSA) is 107 Å². The molecule has 1 rings (SSSR count). The van der Waals surface area contributed by atoms with E-state index in [0.717, 1.165) is 38.2 Å². The van der Waals surface area contributed by atoms with Crippen LogP contribution in [0.4, 0.5) is 11.4 Å². The molecule has 7 heteroatoms. The van der Waals surface area contributed by atoms with Gasteiger partial charge in [-0.1, -0.05) is 39.0 Å². The lowest BCUT2D eigenvalue weighted by molar-refractivity contribution is -0.423.